The fourth-order valence-corrected chi connectivity index (χ4v) is 7.30. The van der Waals surface area contributed by atoms with Crippen molar-refractivity contribution in [3.8, 4) is 0 Å². The molecule has 24 nitrogen and oxygen atoms in total. The lowest BCUT2D eigenvalue weighted by molar-refractivity contribution is -0.311. The number of guanidine groups is 1. The van der Waals surface area contributed by atoms with Crippen molar-refractivity contribution in [3.63, 3.8) is 0 Å². The first-order chi connectivity index (χ1) is 31.3. The Bertz CT molecular complexity index is 1830. The van der Waals surface area contributed by atoms with E-state index < -0.39 is 138 Å². The maximum absolute atomic E-state index is 13.5. The van der Waals surface area contributed by atoms with E-state index in [1.165, 1.54) is 14.0 Å². The van der Waals surface area contributed by atoms with E-state index >= 15 is 0 Å². The van der Waals surface area contributed by atoms with Crippen LogP contribution in [0.2, 0.25) is 0 Å². The van der Waals surface area contributed by atoms with Gasteiger partial charge in [-0.1, -0.05) is 0 Å². The van der Waals surface area contributed by atoms with Crippen molar-refractivity contribution < 1.29 is 81.9 Å². The molecule has 396 valence electrons. The molecule has 0 spiro atoms. The zero-order chi connectivity index (χ0) is 52.8. The van der Waals surface area contributed by atoms with Gasteiger partial charge in [0, 0.05) is 7.05 Å². The number of nitrogens with one attached hydrogen (secondary N) is 4. The molecule has 0 radical (unpaired) electrons. The molecule has 11 atom stereocenters. The second-order valence-electron chi connectivity index (χ2n) is 22.4. The number of amides is 5. The first-order valence-electron chi connectivity index (χ1n) is 22.9. The summed E-state index contributed by atoms with van der Waals surface area (Å²) in [7, 11) is 1.32. The van der Waals surface area contributed by atoms with Crippen LogP contribution in [0.1, 0.15) is 124 Å². The number of nitrogens with zero attached hydrogens (tertiary/aromatic N) is 2. The molecule has 0 aromatic rings. The third kappa shape index (κ3) is 19.2. The lowest BCUT2D eigenvalue weighted by Gasteiger charge is -2.50. The van der Waals surface area contributed by atoms with Gasteiger partial charge in [0.25, 0.3) is 0 Å². The van der Waals surface area contributed by atoms with Gasteiger partial charge in [0.2, 0.25) is 12.2 Å². The normalized spacial score (nSPS) is 28.9. The number of carbonyl (C=O) groups is 5. The molecule has 9 N–H and O–H groups in total. The van der Waals surface area contributed by atoms with E-state index in [9.17, 15) is 39.3 Å². The minimum Gasteiger partial charge on any atom is -0.466 e. The van der Waals surface area contributed by atoms with E-state index in [-0.39, 0.29) is 25.1 Å². The van der Waals surface area contributed by atoms with E-state index in [0.717, 1.165) is 4.90 Å². The van der Waals surface area contributed by atoms with Gasteiger partial charge < -0.3 is 79.2 Å². The number of carbonyl (C=O) groups excluding carboxylic acids is 5. The lowest BCUT2D eigenvalue weighted by atomic mass is 9.83. The number of likely N-dealkylation sites (N-methyl/N-ethyl adjacent to an activating group) is 1. The second kappa shape index (κ2) is 22.6. The molecule has 2 fully saturated rings. The average Bonchev–Trinajstić information content (AvgIpc) is 3.12. The molecule has 3 aliphatic rings. The van der Waals surface area contributed by atoms with Crippen molar-refractivity contribution in [1.82, 2.24) is 26.2 Å². The number of hydrogen-bond acceptors (Lipinski definition) is 19. The van der Waals surface area contributed by atoms with Crippen LogP contribution in [0.3, 0.4) is 0 Å². The molecule has 0 aromatic carbocycles. The number of rotatable bonds is 9. The minimum atomic E-state index is -1.88. The highest BCUT2D eigenvalue weighted by Gasteiger charge is 2.55. The summed E-state index contributed by atoms with van der Waals surface area (Å²) in [5, 5.41) is 46.1. The van der Waals surface area contributed by atoms with Gasteiger partial charge >= 0.3 is 30.5 Å². The van der Waals surface area contributed by atoms with Crippen LogP contribution in [0.4, 0.5) is 24.0 Å². The Balaban J connectivity index is 2.19. The molecular weight excluding hydrogens is 911 g/mol. The number of ether oxygens (including phenoxy) is 9. The highest BCUT2D eigenvalue weighted by atomic mass is 16.7. The van der Waals surface area contributed by atoms with Gasteiger partial charge in [0.15, 0.2) is 6.29 Å². The number of nitrogens with two attached hydrogens (primary N) is 1. The van der Waals surface area contributed by atoms with Crippen LogP contribution in [0, 0.1) is 0 Å². The summed E-state index contributed by atoms with van der Waals surface area (Å²) >= 11 is 0. The molecule has 0 unspecified atom stereocenters. The van der Waals surface area contributed by atoms with Gasteiger partial charge in [-0.25, -0.2) is 29.0 Å². The third-order valence-corrected chi connectivity index (χ3v) is 9.74. The lowest BCUT2D eigenvalue weighted by Crippen LogP contribution is -2.70. The quantitative estimate of drug-likeness (QED) is 0.0933. The van der Waals surface area contributed by atoms with Crippen LogP contribution < -0.4 is 27.0 Å². The number of aliphatic imine (C=N–C) groups is 1. The molecule has 5 amide bonds. The molecule has 2 heterocycles. The summed E-state index contributed by atoms with van der Waals surface area (Å²) in [4.78, 5) is 72.0. The van der Waals surface area contributed by atoms with Gasteiger partial charge in [-0.3, -0.25) is 10.6 Å². The first-order valence-corrected chi connectivity index (χ1v) is 22.9. The van der Waals surface area contributed by atoms with Crippen molar-refractivity contribution in [2.45, 2.75) is 218 Å². The number of aliphatic hydroxyl groups is 3. The molecule has 24 heteroatoms. The van der Waals surface area contributed by atoms with Crippen LogP contribution in [-0.4, -0.2) is 172 Å². The monoisotopic (exact) mass is 990 g/mol. The van der Waals surface area contributed by atoms with Gasteiger partial charge in [0.1, 0.15) is 69.8 Å². The number of hydrogen-bond donors (Lipinski definition) is 8. The van der Waals surface area contributed by atoms with Gasteiger partial charge in [-0.15, -0.1) is 0 Å². The predicted octanol–water partition coefficient (Wildman–Crippen LogP) is 3.37. The van der Waals surface area contributed by atoms with E-state index in [1.807, 2.05) is 0 Å². The van der Waals surface area contributed by atoms with Crippen LogP contribution in [0.15, 0.2) is 16.8 Å². The highest BCUT2D eigenvalue weighted by molar-refractivity contribution is 6.01. The van der Waals surface area contributed by atoms with Crippen molar-refractivity contribution in [2.24, 2.45) is 10.7 Å². The van der Waals surface area contributed by atoms with Crippen molar-refractivity contribution in [1.29, 1.82) is 0 Å². The maximum Gasteiger partial charge on any atom is 0.414 e. The fourth-order valence-electron chi connectivity index (χ4n) is 7.30. The van der Waals surface area contributed by atoms with Crippen LogP contribution in [0.5, 0.6) is 0 Å². The molecule has 0 aromatic heterocycles. The van der Waals surface area contributed by atoms with E-state index in [0.29, 0.717) is 0 Å². The summed E-state index contributed by atoms with van der Waals surface area (Å²) < 4.78 is 52.5. The second-order valence-corrected chi connectivity index (χ2v) is 22.4. The van der Waals surface area contributed by atoms with Crippen LogP contribution >= 0.6 is 0 Å². The molecule has 2 aliphatic heterocycles. The van der Waals surface area contributed by atoms with Gasteiger partial charge in [-0.05, 0) is 130 Å². The first kappa shape index (κ1) is 58.6. The van der Waals surface area contributed by atoms with Crippen molar-refractivity contribution in [3.05, 3.63) is 11.8 Å². The van der Waals surface area contributed by atoms with E-state index in [2.05, 4.69) is 26.3 Å². The topological polar surface area (TPSA) is 319 Å². The zero-order valence-corrected chi connectivity index (χ0v) is 43.2. The molecule has 1 saturated carbocycles. The predicted molar refractivity (Wildman–Crippen MR) is 247 cm³/mol. The number of alkyl carbamates (subject to hydrolysis) is 4. The number of aliphatic hydroxyl groups excluding tert-OH is 2. The Hall–Kier alpha value is -4.72. The molecule has 1 saturated heterocycles. The summed E-state index contributed by atoms with van der Waals surface area (Å²) in [5.41, 5.74) is -0.660. The summed E-state index contributed by atoms with van der Waals surface area (Å²) in [6, 6.07) is -5.02. The molecular formula is C45H79N7O17. The van der Waals surface area contributed by atoms with Crippen LogP contribution in [0.25, 0.3) is 0 Å². The molecule has 0 bridgehead atoms. The standard InChI is InChI=1S/C45H79N7O17/c1-40(2,3)65-35(55)48-25-20-26(49-36(56)66-41(4,5)6)30(64-33-28(54)31(45(16,60)22-61-33)52(17)39(59)69-44(13,14)15)27(53)29(25)63-32-24(19-18-23(21-46)62-32)47-34(50-37(57)67-42(7,8)9)51-38(58)68-43(10,11)12/h18,24-33,53-54,60H,19-22,46H2,1-17H3,(H,48,55)(H,49,56)(H2,47,50,51,57,58)/t24-,25+,26-,27+,28-,29-,30+,31-,32-,33-,45+/m1/s1. The summed E-state index contributed by atoms with van der Waals surface area (Å²) in [5.74, 6) is -0.190. The zero-order valence-electron chi connectivity index (χ0n) is 43.2. The molecule has 69 heavy (non-hydrogen) atoms. The Morgan fingerprint density at radius 1 is 0.710 bits per heavy atom. The van der Waals surface area contributed by atoms with Gasteiger partial charge in [0.05, 0.1) is 31.3 Å². The Morgan fingerprint density at radius 2 is 1.13 bits per heavy atom. The minimum absolute atomic E-state index is 0.0248. The van der Waals surface area contributed by atoms with E-state index in [4.69, 9.17) is 48.4 Å². The smallest absolute Gasteiger partial charge is 0.414 e. The largest absolute Gasteiger partial charge is 0.466 e. The molecule has 1 aliphatic carbocycles. The van der Waals surface area contributed by atoms with Gasteiger partial charge in [-0.2, -0.15) is 0 Å². The Labute approximate surface area is 404 Å². The molecule has 3 rings (SSSR count). The fraction of sp³-hybridized carbons (Fsp3) is 0.822. The van der Waals surface area contributed by atoms with Crippen molar-refractivity contribution in [2.75, 3.05) is 20.2 Å². The highest BCUT2D eigenvalue weighted by Crippen LogP contribution is 2.35. The SMILES string of the molecule is CN(C(=O)OC(C)(C)C)[C@@H]1[C@@H](O)[C@@H](O[C@@H]2[C@@H](O)[C@H](O[C@H]3OC(CN)=CC[C@H]3N=C(NC(=O)OC(C)(C)C)NC(=O)OC(C)(C)C)[C@@H](NC(=O)OC(C)(C)C)C[C@H]2NC(=O)OC(C)(C)C)OC[C@]1(C)O. The average molecular weight is 990 g/mol. The van der Waals surface area contributed by atoms with Crippen molar-refractivity contribution >= 4 is 36.4 Å². The summed E-state index contributed by atoms with van der Waals surface area (Å²) in [6.45, 7) is 25.3. The Kier molecular flexibility index (Phi) is 19.2. The maximum atomic E-state index is 13.5. The summed E-state index contributed by atoms with van der Waals surface area (Å²) in [6.07, 6.45) is -13.3. The Morgan fingerprint density at radius 3 is 1.55 bits per heavy atom. The van der Waals surface area contributed by atoms with Crippen LogP contribution in [-0.2, 0) is 42.6 Å². The third-order valence-electron chi connectivity index (χ3n) is 9.74. The van der Waals surface area contributed by atoms with E-state index in [1.54, 1.807) is 110 Å².